The van der Waals surface area contributed by atoms with Crippen LogP contribution >= 0.6 is 0 Å². The van der Waals surface area contributed by atoms with Gasteiger partial charge in [0.25, 0.3) is 0 Å². The second kappa shape index (κ2) is 6.39. The second-order valence-electron chi connectivity index (χ2n) is 5.97. The molecule has 2 N–H and O–H groups in total. The number of carbonyl (C=O) groups is 1. The van der Waals surface area contributed by atoms with Crippen LogP contribution in [0.3, 0.4) is 0 Å². The van der Waals surface area contributed by atoms with Crippen LogP contribution in [-0.2, 0) is 6.54 Å². The van der Waals surface area contributed by atoms with Gasteiger partial charge in [0.2, 0.25) is 0 Å². The summed E-state index contributed by atoms with van der Waals surface area (Å²) in [5.74, 6) is 2.56. The fourth-order valence-electron chi connectivity index (χ4n) is 2.74. The normalized spacial score (nSPS) is 15.7. The van der Waals surface area contributed by atoms with Gasteiger partial charge in [0.1, 0.15) is 19.0 Å². The molecular weight excluding hydrogens is 306 g/mol. The van der Waals surface area contributed by atoms with Gasteiger partial charge in [0, 0.05) is 23.7 Å². The maximum absolute atomic E-state index is 12.1. The topological polar surface area (TPSA) is 72.5 Å². The minimum atomic E-state index is -0.287. The molecule has 0 bridgehead atoms. The first-order chi connectivity index (χ1) is 11.8. The Morgan fingerprint density at radius 3 is 2.83 bits per heavy atom. The Morgan fingerprint density at radius 1 is 1.12 bits per heavy atom. The number of nitrogens with zero attached hydrogens (tertiary/aromatic N) is 1. The molecule has 1 saturated carbocycles. The molecule has 2 aromatic rings. The van der Waals surface area contributed by atoms with E-state index in [1.807, 2.05) is 30.3 Å². The summed E-state index contributed by atoms with van der Waals surface area (Å²) in [6.45, 7) is 1.43. The fraction of sp³-hybridized carbons (Fsp3) is 0.333. The molecule has 6 nitrogen and oxygen atoms in total. The number of rotatable bonds is 4. The lowest BCUT2D eigenvalue weighted by molar-refractivity contribution is 0.169. The number of fused-ring (bicyclic) bond motifs is 1. The molecular formula is C18H19N3O3. The van der Waals surface area contributed by atoms with E-state index < -0.39 is 0 Å². The molecule has 1 aliphatic heterocycles. The highest BCUT2D eigenvalue weighted by molar-refractivity contribution is 5.88. The fourth-order valence-corrected chi connectivity index (χ4v) is 2.74. The molecule has 2 amide bonds. The van der Waals surface area contributed by atoms with E-state index in [4.69, 9.17) is 9.47 Å². The van der Waals surface area contributed by atoms with Crippen molar-refractivity contribution in [2.24, 2.45) is 0 Å². The zero-order valence-electron chi connectivity index (χ0n) is 13.2. The molecule has 24 heavy (non-hydrogen) atoms. The van der Waals surface area contributed by atoms with Crippen LogP contribution in [-0.4, -0.2) is 24.2 Å². The highest BCUT2D eigenvalue weighted by atomic mass is 16.6. The highest BCUT2D eigenvalue weighted by Gasteiger charge is 2.25. The zero-order valence-corrected chi connectivity index (χ0v) is 13.2. The van der Waals surface area contributed by atoms with Gasteiger partial charge in [0.05, 0.1) is 0 Å². The van der Waals surface area contributed by atoms with Gasteiger partial charge in [-0.3, -0.25) is 5.32 Å². The van der Waals surface area contributed by atoms with Crippen molar-refractivity contribution in [1.29, 1.82) is 0 Å². The van der Waals surface area contributed by atoms with Crippen molar-refractivity contribution in [2.45, 2.75) is 25.3 Å². The standard InChI is InChI=1S/C18H19N3O3/c22-18(21-16-6-2-4-14(20-16)12-7-8-12)19-11-13-3-1-5-15-17(13)24-10-9-23-15/h1-6,12H,7-11H2,(H2,19,20,21,22). The van der Waals surface area contributed by atoms with Crippen LogP contribution in [0.2, 0.25) is 0 Å². The summed E-state index contributed by atoms with van der Waals surface area (Å²) in [6, 6.07) is 11.1. The number of amides is 2. The number of para-hydroxylation sites is 1. The number of anilines is 1. The quantitative estimate of drug-likeness (QED) is 0.906. The smallest absolute Gasteiger partial charge is 0.320 e. The summed E-state index contributed by atoms with van der Waals surface area (Å²) in [5.41, 5.74) is 1.94. The van der Waals surface area contributed by atoms with Gasteiger partial charge in [-0.15, -0.1) is 0 Å². The van der Waals surface area contributed by atoms with Crippen LogP contribution in [0.15, 0.2) is 36.4 Å². The Kier molecular flexibility index (Phi) is 3.94. The number of carbonyl (C=O) groups excluding carboxylic acids is 1. The van der Waals surface area contributed by atoms with Gasteiger partial charge in [0.15, 0.2) is 11.5 Å². The summed E-state index contributed by atoms with van der Waals surface area (Å²) in [6.07, 6.45) is 2.37. The maximum Gasteiger partial charge on any atom is 0.320 e. The summed E-state index contributed by atoms with van der Waals surface area (Å²) >= 11 is 0. The summed E-state index contributed by atoms with van der Waals surface area (Å²) in [5, 5.41) is 5.62. The van der Waals surface area contributed by atoms with Crippen molar-refractivity contribution in [3.63, 3.8) is 0 Å². The summed E-state index contributed by atoms with van der Waals surface area (Å²) < 4.78 is 11.2. The molecule has 2 heterocycles. The minimum absolute atomic E-state index is 0.287. The van der Waals surface area contributed by atoms with E-state index in [9.17, 15) is 4.79 Å². The number of nitrogens with one attached hydrogen (secondary N) is 2. The van der Waals surface area contributed by atoms with E-state index in [1.165, 1.54) is 12.8 Å². The van der Waals surface area contributed by atoms with Gasteiger partial charge >= 0.3 is 6.03 Å². The number of hydrogen-bond donors (Lipinski definition) is 2. The van der Waals surface area contributed by atoms with Gasteiger partial charge in [-0.1, -0.05) is 18.2 Å². The van der Waals surface area contributed by atoms with E-state index in [-0.39, 0.29) is 6.03 Å². The zero-order chi connectivity index (χ0) is 16.4. The van der Waals surface area contributed by atoms with E-state index in [0.717, 1.165) is 17.0 Å². The van der Waals surface area contributed by atoms with E-state index >= 15 is 0 Å². The van der Waals surface area contributed by atoms with Crippen LogP contribution in [0.1, 0.15) is 30.0 Å². The average Bonchev–Trinajstić information content (AvgIpc) is 3.45. The van der Waals surface area contributed by atoms with Crippen molar-refractivity contribution >= 4 is 11.8 Å². The monoisotopic (exact) mass is 325 g/mol. The summed E-state index contributed by atoms with van der Waals surface area (Å²) in [7, 11) is 0. The minimum Gasteiger partial charge on any atom is -0.486 e. The molecule has 0 atom stereocenters. The third-order valence-electron chi connectivity index (χ3n) is 4.10. The van der Waals surface area contributed by atoms with Crippen molar-refractivity contribution in [1.82, 2.24) is 10.3 Å². The van der Waals surface area contributed by atoms with Crippen molar-refractivity contribution in [2.75, 3.05) is 18.5 Å². The Hall–Kier alpha value is -2.76. The lowest BCUT2D eigenvalue weighted by Gasteiger charge is -2.21. The number of pyridine rings is 1. The van der Waals surface area contributed by atoms with E-state index in [1.54, 1.807) is 6.07 Å². The number of aromatic nitrogens is 1. The van der Waals surface area contributed by atoms with Crippen LogP contribution in [0.5, 0.6) is 11.5 Å². The number of hydrogen-bond acceptors (Lipinski definition) is 4. The van der Waals surface area contributed by atoms with Crippen molar-refractivity contribution < 1.29 is 14.3 Å². The Morgan fingerprint density at radius 2 is 1.96 bits per heavy atom. The first-order valence-corrected chi connectivity index (χ1v) is 8.19. The molecule has 1 aliphatic carbocycles. The largest absolute Gasteiger partial charge is 0.486 e. The lowest BCUT2D eigenvalue weighted by Crippen LogP contribution is -2.29. The third kappa shape index (κ3) is 3.27. The molecule has 1 aromatic carbocycles. The summed E-state index contributed by atoms with van der Waals surface area (Å²) in [4.78, 5) is 16.6. The average molecular weight is 325 g/mol. The number of benzene rings is 1. The Bertz CT molecular complexity index is 759. The van der Waals surface area contributed by atoms with Crippen molar-refractivity contribution in [3.8, 4) is 11.5 Å². The van der Waals surface area contributed by atoms with Crippen LogP contribution in [0.4, 0.5) is 10.6 Å². The number of ether oxygens (including phenoxy) is 2. The molecule has 0 saturated heterocycles. The molecule has 124 valence electrons. The van der Waals surface area contributed by atoms with Crippen LogP contribution in [0.25, 0.3) is 0 Å². The highest BCUT2D eigenvalue weighted by Crippen LogP contribution is 2.39. The van der Waals surface area contributed by atoms with Crippen molar-refractivity contribution in [3.05, 3.63) is 47.7 Å². The molecule has 0 unspecified atom stereocenters. The molecule has 1 aromatic heterocycles. The molecule has 1 fully saturated rings. The Labute approximate surface area is 140 Å². The molecule has 2 aliphatic rings. The van der Waals surface area contributed by atoms with Gasteiger partial charge in [-0.05, 0) is 31.0 Å². The Balaban J connectivity index is 1.38. The van der Waals surface area contributed by atoms with Gasteiger partial charge in [-0.2, -0.15) is 0 Å². The first-order valence-electron chi connectivity index (χ1n) is 8.19. The molecule has 0 radical (unpaired) electrons. The van der Waals surface area contributed by atoms with Gasteiger partial charge < -0.3 is 14.8 Å². The molecule has 6 heteroatoms. The van der Waals surface area contributed by atoms with Crippen LogP contribution < -0.4 is 20.1 Å². The SMILES string of the molecule is O=C(NCc1cccc2c1OCCO2)Nc1cccc(C2CC2)n1. The van der Waals surface area contributed by atoms with E-state index in [2.05, 4.69) is 15.6 Å². The third-order valence-corrected chi connectivity index (χ3v) is 4.10. The second-order valence-corrected chi connectivity index (χ2v) is 5.97. The maximum atomic E-state index is 12.1. The van der Waals surface area contributed by atoms with E-state index in [0.29, 0.717) is 37.2 Å². The first kappa shape index (κ1) is 14.8. The molecule has 0 spiro atoms. The lowest BCUT2D eigenvalue weighted by atomic mass is 10.1. The van der Waals surface area contributed by atoms with Crippen LogP contribution in [0, 0.1) is 0 Å². The number of urea groups is 1. The van der Waals surface area contributed by atoms with Gasteiger partial charge in [-0.25, -0.2) is 9.78 Å². The molecule has 4 rings (SSSR count). The predicted molar refractivity (Wildman–Crippen MR) is 89.5 cm³/mol. The predicted octanol–water partition coefficient (Wildman–Crippen LogP) is 3.05.